The van der Waals surface area contributed by atoms with Crippen molar-refractivity contribution in [3.63, 3.8) is 0 Å². The number of hydrogen-bond donors (Lipinski definition) is 3. The number of aliphatic hydroxyl groups excluding tert-OH is 2. The highest BCUT2D eigenvalue weighted by Crippen LogP contribution is 2.22. The number of anilines is 1. The highest BCUT2D eigenvalue weighted by molar-refractivity contribution is 5.50. The zero-order valence-corrected chi connectivity index (χ0v) is 7.68. The molecule has 0 aliphatic heterocycles. The molecule has 1 rings (SSSR count). The number of rotatable bonds is 2. The van der Waals surface area contributed by atoms with Gasteiger partial charge in [0.25, 0.3) is 0 Å². The van der Waals surface area contributed by atoms with Gasteiger partial charge in [0.15, 0.2) is 6.10 Å². The summed E-state index contributed by atoms with van der Waals surface area (Å²) in [4.78, 5) is 3.82. The first-order chi connectivity index (χ1) is 6.57. The van der Waals surface area contributed by atoms with Crippen molar-refractivity contribution in [2.75, 3.05) is 5.73 Å². The van der Waals surface area contributed by atoms with E-state index in [1.807, 2.05) is 0 Å². The van der Waals surface area contributed by atoms with Crippen LogP contribution < -0.4 is 5.73 Å². The first-order valence-corrected chi connectivity index (χ1v) is 4.04. The molecular weight excluding hydrogens is 182 g/mol. The predicted molar refractivity (Wildman–Crippen MR) is 50.0 cm³/mol. The Bertz CT molecular complexity index is 373. The fourth-order valence-corrected chi connectivity index (χ4v) is 1.05. The van der Waals surface area contributed by atoms with Gasteiger partial charge in [-0.15, -0.1) is 0 Å². The molecule has 0 saturated carbocycles. The number of nitrogen functional groups attached to an aromatic ring is 1. The van der Waals surface area contributed by atoms with Crippen molar-refractivity contribution in [3.05, 3.63) is 23.5 Å². The van der Waals surface area contributed by atoms with E-state index >= 15 is 0 Å². The average Bonchev–Trinajstić information content (AvgIpc) is 2.20. The van der Waals surface area contributed by atoms with Crippen LogP contribution in [0.4, 0.5) is 5.69 Å². The van der Waals surface area contributed by atoms with Crippen molar-refractivity contribution in [2.24, 2.45) is 0 Å². The van der Waals surface area contributed by atoms with Crippen molar-refractivity contribution >= 4 is 5.69 Å². The van der Waals surface area contributed by atoms with Crippen LogP contribution in [-0.4, -0.2) is 21.3 Å². The summed E-state index contributed by atoms with van der Waals surface area (Å²) >= 11 is 0. The van der Waals surface area contributed by atoms with Gasteiger partial charge in [-0.2, -0.15) is 5.26 Å². The van der Waals surface area contributed by atoms with Crippen molar-refractivity contribution in [3.8, 4) is 6.07 Å². The molecule has 1 aromatic heterocycles. The van der Waals surface area contributed by atoms with E-state index in [9.17, 15) is 5.11 Å². The first kappa shape index (κ1) is 10.4. The van der Waals surface area contributed by atoms with E-state index in [1.165, 1.54) is 12.3 Å². The minimum absolute atomic E-state index is 0.138. The third-order valence-electron chi connectivity index (χ3n) is 1.95. The van der Waals surface area contributed by atoms with Crippen molar-refractivity contribution in [1.82, 2.24) is 4.98 Å². The zero-order valence-electron chi connectivity index (χ0n) is 7.68. The highest BCUT2D eigenvalue weighted by atomic mass is 16.3. The molecule has 0 amide bonds. The third-order valence-corrected chi connectivity index (χ3v) is 1.95. The molecule has 0 aliphatic rings. The highest BCUT2D eigenvalue weighted by Gasteiger charge is 2.21. The average molecular weight is 193 g/mol. The fourth-order valence-electron chi connectivity index (χ4n) is 1.05. The molecule has 0 spiro atoms. The SMILES string of the molecule is Cc1ccnc(C(O)C(O)C#N)c1N. The smallest absolute Gasteiger partial charge is 0.172 e. The predicted octanol–water partition coefficient (Wildman–Crippen LogP) is -0.110. The van der Waals surface area contributed by atoms with Crippen LogP contribution in [0.3, 0.4) is 0 Å². The summed E-state index contributed by atoms with van der Waals surface area (Å²) in [5, 5.41) is 27.0. The molecule has 0 saturated heterocycles. The van der Waals surface area contributed by atoms with E-state index in [0.717, 1.165) is 5.56 Å². The van der Waals surface area contributed by atoms with Crippen LogP contribution in [0.1, 0.15) is 17.4 Å². The summed E-state index contributed by atoms with van der Waals surface area (Å²) in [5.41, 5.74) is 6.82. The number of nitriles is 1. The van der Waals surface area contributed by atoms with E-state index in [4.69, 9.17) is 16.1 Å². The Balaban J connectivity index is 3.08. The molecule has 0 bridgehead atoms. The van der Waals surface area contributed by atoms with Gasteiger partial charge in [-0.1, -0.05) is 0 Å². The van der Waals surface area contributed by atoms with Crippen LogP contribution in [0.15, 0.2) is 12.3 Å². The minimum atomic E-state index is -1.51. The largest absolute Gasteiger partial charge is 0.397 e. The summed E-state index contributed by atoms with van der Waals surface area (Å²) < 4.78 is 0. The molecule has 2 unspecified atom stereocenters. The Kier molecular flexibility index (Phi) is 3.02. The fraction of sp³-hybridized carbons (Fsp3) is 0.333. The van der Waals surface area contributed by atoms with E-state index in [1.54, 1.807) is 13.0 Å². The second-order valence-corrected chi connectivity index (χ2v) is 2.95. The molecule has 5 heteroatoms. The quantitative estimate of drug-likeness (QED) is 0.568. The number of nitrogens with two attached hydrogens (primary N) is 1. The topological polar surface area (TPSA) is 103 Å². The van der Waals surface area contributed by atoms with E-state index in [2.05, 4.69) is 4.98 Å². The van der Waals surface area contributed by atoms with Crippen LogP contribution in [0.25, 0.3) is 0 Å². The molecule has 4 N–H and O–H groups in total. The van der Waals surface area contributed by atoms with E-state index in [0.29, 0.717) is 5.69 Å². The van der Waals surface area contributed by atoms with Gasteiger partial charge in [0.2, 0.25) is 0 Å². The summed E-state index contributed by atoms with van der Waals surface area (Å²) in [5.74, 6) is 0. The molecule has 5 nitrogen and oxygen atoms in total. The van der Waals surface area contributed by atoms with Gasteiger partial charge in [0.1, 0.15) is 6.10 Å². The van der Waals surface area contributed by atoms with Crippen LogP contribution in [0.5, 0.6) is 0 Å². The number of nitrogens with zero attached hydrogens (tertiary/aromatic N) is 2. The van der Waals surface area contributed by atoms with Crippen molar-refractivity contribution in [1.29, 1.82) is 5.26 Å². The second-order valence-electron chi connectivity index (χ2n) is 2.95. The monoisotopic (exact) mass is 193 g/mol. The van der Waals surface area contributed by atoms with Gasteiger partial charge in [-0.3, -0.25) is 4.98 Å². The molecule has 74 valence electrons. The summed E-state index contributed by atoms with van der Waals surface area (Å²) in [6, 6.07) is 3.20. The Morgan fingerprint density at radius 1 is 1.57 bits per heavy atom. The number of hydrogen-bond acceptors (Lipinski definition) is 5. The molecule has 0 fully saturated rings. The van der Waals surface area contributed by atoms with Crippen LogP contribution >= 0.6 is 0 Å². The maximum atomic E-state index is 9.48. The number of aliphatic hydroxyl groups is 2. The Morgan fingerprint density at radius 3 is 2.79 bits per heavy atom. The summed E-state index contributed by atoms with van der Waals surface area (Å²) in [7, 11) is 0. The molecule has 2 atom stereocenters. The van der Waals surface area contributed by atoms with Gasteiger partial charge < -0.3 is 15.9 Å². The third kappa shape index (κ3) is 1.82. The van der Waals surface area contributed by atoms with Crippen LogP contribution in [0, 0.1) is 18.3 Å². The van der Waals surface area contributed by atoms with E-state index < -0.39 is 12.2 Å². The lowest BCUT2D eigenvalue weighted by Crippen LogP contribution is -2.18. The normalized spacial score (nSPS) is 14.4. The Morgan fingerprint density at radius 2 is 2.21 bits per heavy atom. The van der Waals surface area contributed by atoms with Crippen molar-refractivity contribution in [2.45, 2.75) is 19.1 Å². The molecular formula is C9H11N3O2. The lowest BCUT2D eigenvalue weighted by molar-refractivity contribution is 0.0504. The molecule has 0 aliphatic carbocycles. The van der Waals surface area contributed by atoms with Gasteiger partial charge in [-0.05, 0) is 18.6 Å². The second kappa shape index (κ2) is 4.05. The molecule has 0 radical (unpaired) electrons. The van der Waals surface area contributed by atoms with Crippen LogP contribution in [-0.2, 0) is 0 Å². The molecule has 1 heterocycles. The summed E-state index contributed by atoms with van der Waals surface area (Å²) in [6.07, 6.45) is -1.40. The number of aryl methyl sites for hydroxylation is 1. The van der Waals surface area contributed by atoms with Gasteiger partial charge >= 0.3 is 0 Å². The lowest BCUT2D eigenvalue weighted by atomic mass is 10.1. The first-order valence-electron chi connectivity index (χ1n) is 4.04. The number of aromatic nitrogens is 1. The molecule has 14 heavy (non-hydrogen) atoms. The maximum Gasteiger partial charge on any atom is 0.172 e. The van der Waals surface area contributed by atoms with Gasteiger partial charge in [0.05, 0.1) is 17.5 Å². The molecule has 1 aromatic rings. The Hall–Kier alpha value is -1.64. The van der Waals surface area contributed by atoms with Gasteiger partial charge in [0, 0.05) is 6.20 Å². The minimum Gasteiger partial charge on any atom is -0.397 e. The molecule has 0 aromatic carbocycles. The lowest BCUT2D eigenvalue weighted by Gasteiger charge is -2.14. The standard InChI is InChI=1S/C9H11N3O2/c1-5-2-3-12-8(7(5)11)9(14)6(13)4-10/h2-3,6,9,13-14H,11H2,1H3. The maximum absolute atomic E-state index is 9.48. The zero-order chi connectivity index (χ0) is 10.7. The Labute approximate surface area is 81.4 Å². The van der Waals surface area contributed by atoms with Crippen molar-refractivity contribution < 1.29 is 10.2 Å². The van der Waals surface area contributed by atoms with Crippen LogP contribution in [0.2, 0.25) is 0 Å². The van der Waals surface area contributed by atoms with E-state index in [-0.39, 0.29) is 5.69 Å². The summed E-state index contributed by atoms with van der Waals surface area (Å²) in [6.45, 7) is 1.76. The van der Waals surface area contributed by atoms with Gasteiger partial charge in [-0.25, -0.2) is 0 Å². The number of pyridine rings is 1.